The molecule has 2 fully saturated rings. The Morgan fingerprint density at radius 2 is 1.67 bits per heavy atom. The molecule has 3 amide bonds. The van der Waals surface area contributed by atoms with Crippen molar-refractivity contribution in [1.29, 1.82) is 0 Å². The van der Waals surface area contributed by atoms with E-state index < -0.39 is 18.5 Å². The number of benzene rings is 3. The van der Waals surface area contributed by atoms with Gasteiger partial charge in [0.25, 0.3) is 5.91 Å². The number of hydrogen-bond donors (Lipinski definition) is 1. The largest absolute Gasteiger partial charge is 0.452 e. The number of fused-ring (bicyclic) bond motifs is 6. The predicted octanol–water partition coefficient (Wildman–Crippen LogP) is 4.34. The van der Waals surface area contributed by atoms with Crippen LogP contribution in [0.25, 0.3) is 10.8 Å². The lowest BCUT2D eigenvalue weighted by molar-refractivity contribution is -0.123. The lowest BCUT2D eigenvalue weighted by atomic mass is 9.82. The summed E-state index contributed by atoms with van der Waals surface area (Å²) in [6.07, 6.45) is 3.02. The Balaban J connectivity index is 1.09. The van der Waals surface area contributed by atoms with Crippen molar-refractivity contribution in [3.8, 4) is 0 Å². The molecular formula is C29H24N2O5. The lowest BCUT2D eigenvalue weighted by Crippen LogP contribution is -2.33. The highest BCUT2D eigenvalue weighted by molar-refractivity contribution is 6.23. The molecule has 3 aliphatic rings. The maximum Gasteiger partial charge on any atom is 0.338 e. The van der Waals surface area contributed by atoms with Gasteiger partial charge in [0.2, 0.25) is 11.8 Å². The topological polar surface area (TPSA) is 92.8 Å². The number of anilines is 2. The van der Waals surface area contributed by atoms with E-state index in [4.69, 9.17) is 4.74 Å². The number of esters is 1. The Hall–Kier alpha value is -4.26. The minimum absolute atomic E-state index is 0.135. The molecule has 4 atom stereocenters. The normalized spacial score (nSPS) is 24.1. The van der Waals surface area contributed by atoms with Gasteiger partial charge in [0.15, 0.2) is 6.61 Å². The molecule has 1 aliphatic heterocycles. The van der Waals surface area contributed by atoms with Crippen molar-refractivity contribution in [2.24, 2.45) is 23.7 Å². The molecule has 1 saturated heterocycles. The highest BCUT2D eigenvalue weighted by Crippen LogP contribution is 2.55. The Bertz CT molecular complexity index is 1450. The van der Waals surface area contributed by atoms with Gasteiger partial charge in [-0.25, -0.2) is 4.79 Å². The molecule has 0 unspecified atom stereocenters. The fourth-order valence-corrected chi connectivity index (χ4v) is 6.01. The molecule has 0 spiro atoms. The van der Waals surface area contributed by atoms with Gasteiger partial charge in [0.1, 0.15) is 0 Å². The van der Waals surface area contributed by atoms with E-state index in [2.05, 4.69) is 11.4 Å². The number of imide groups is 1. The number of nitrogens with one attached hydrogen (secondary N) is 1. The minimum atomic E-state index is -0.663. The van der Waals surface area contributed by atoms with Crippen LogP contribution >= 0.6 is 0 Å². The molecule has 2 aliphatic carbocycles. The Morgan fingerprint density at radius 3 is 2.47 bits per heavy atom. The fraction of sp³-hybridized carbons (Fsp3) is 0.241. The first-order valence-electron chi connectivity index (χ1n) is 12.0. The summed E-state index contributed by atoms with van der Waals surface area (Å²) in [4.78, 5) is 52.3. The van der Waals surface area contributed by atoms with E-state index in [0.29, 0.717) is 11.4 Å². The summed E-state index contributed by atoms with van der Waals surface area (Å²) in [5, 5.41) is 4.66. The molecule has 0 aromatic heterocycles. The second-order valence-electron chi connectivity index (χ2n) is 9.68. The average Bonchev–Trinajstić information content (AvgIpc) is 3.53. The Kier molecular flexibility index (Phi) is 5.21. The summed E-state index contributed by atoms with van der Waals surface area (Å²) in [6.45, 7) is 1.59. The molecule has 36 heavy (non-hydrogen) atoms. The average molecular weight is 481 g/mol. The summed E-state index contributed by atoms with van der Waals surface area (Å²) in [5.74, 6) is -1.72. The van der Waals surface area contributed by atoms with Crippen LogP contribution in [0.4, 0.5) is 11.4 Å². The Labute approximate surface area is 207 Å². The van der Waals surface area contributed by atoms with Crippen LogP contribution in [0, 0.1) is 23.7 Å². The van der Waals surface area contributed by atoms with Crippen molar-refractivity contribution in [2.75, 3.05) is 16.8 Å². The first kappa shape index (κ1) is 22.2. The zero-order valence-corrected chi connectivity index (χ0v) is 19.6. The molecule has 1 N–H and O–H groups in total. The number of ether oxygens (including phenoxy) is 1. The van der Waals surface area contributed by atoms with Gasteiger partial charge in [-0.15, -0.1) is 0 Å². The SMILES string of the molecule is CC1=C[C@H]2C[C@H]1[C@@H]1C(=O)N(c3ccc(C(=O)OCC(=O)Nc4cccc5ccccc45)cc3)C(=O)[C@@H]12. The van der Waals surface area contributed by atoms with Crippen molar-refractivity contribution >= 4 is 45.8 Å². The smallest absolute Gasteiger partial charge is 0.338 e. The fourth-order valence-electron chi connectivity index (χ4n) is 6.01. The molecule has 2 bridgehead atoms. The summed E-state index contributed by atoms with van der Waals surface area (Å²) in [6, 6.07) is 19.4. The minimum Gasteiger partial charge on any atom is -0.452 e. The summed E-state index contributed by atoms with van der Waals surface area (Å²) < 4.78 is 5.19. The predicted molar refractivity (Wildman–Crippen MR) is 134 cm³/mol. The third-order valence-electron chi connectivity index (χ3n) is 7.64. The van der Waals surface area contributed by atoms with Crippen molar-refractivity contribution in [3.63, 3.8) is 0 Å². The van der Waals surface area contributed by atoms with E-state index >= 15 is 0 Å². The van der Waals surface area contributed by atoms with Gasteiger partial charge in [0, 0.05) is 11.1 Å². The summed E-state index contributed by atoms with van der Waals surface area (Å²) in [7, 11) is 0. The van der Waals surface area contributed by atoms with E-state index in [0.717, 1.165) is 17.2 Å². The quantitative estimate of drug-likeness (QED) is 0.333. The maximum atomic E-state index is 13.1. The lowest BCUT2D eigenvalue weighted by Gasteiger charge is -2.19. The molecule has 7 heteroatoms. The van der Waals surface area contributed by atoms with Crippen LogP contribution in [0.3, 0.4) is 0 Å². The van der Waals surface area contributed by atoms with Gasteiger partial charge in [0.05, 0.1) is 23.1 Å². The number of carbonyl (C=O) groups is 4. The van der Waals surface area contributed by atoms with Crippen LogP contribution in [-0.2, 0) is 19.1 Å². The first-order chi connectivity index (χ1) is 17.4. The van der Waals surface area contributed by atoms with Crippen LogP contribution in [0.2, 0.25) is 0 Å². The van der Waals surface area contributed by atoms with Gasteiger partial charge in [-0.1, -0.05) is 48.0 Å². The van der Waals surface area contributed by atoms with Crippen LogP contribution in [0.15, 0.2) is 78.4 Å². The van der Waals surface area contributed by atoms with Crippen LogP contribution in [0.1, 0.15) is 23.7 Å². The molecule has 7 nitrogen and oxygen atoms in total. The molecule has 1 heterocycles. The molecule has 1 saturated carbocycles. The number of nitrogens with zero attached hydrogens (tertiary/aromatic N) is 1. The number of hydrogen-bond acceptors (Lipinski definition) is 5. The maximum absolute atomic E-state index is 13.1. The van der Waals surface area contributed by atoms with Crippen LogP contribution in [0.5, 0.6) is 0 Å². The van der Waals surface area contributed by atoms with E-state index in [1.54, 1.807) is 18.2 Å². The van der Waals surface area contributed by atoms with Gasteiger partial charge in [-0.2, -0.15) is 0 Å². The van der Waals surface area contributed by atoms with Crippen molar-refractivity contribution < 1.29 is 23.9 Å². The van der Waals surface area contributed by atoms with Gasteiger partial charge in [-0.05, 0) is 60.9 Å². The number of amides is 3. The number of rotatable bonds is 5. The zero-order chi connectivity index (χ0) is 25.0. The third-order valence-corrected chi connectivity index (χ3v) is 7.64. The van der Waals surface area contributed by atoms with E-state index in [9.17, 15) is 19.2 Å². The molecule has 3 aromatic rings. The zero-order valence-electron chi connectivity index (χ0n) is 19.6. The molecule has 0 radical (unpaired) electrons. The second-order valence-corrected chi connectivity index (χ2v) is 9.68. The van der Waals surface area contributed by atoms with Gasteiger partial charge in [-0.3, -0.25) is 19.3 Å². The molecule has 180 valence electrons. The van der Waals surface area contributed by atoms with Crippen LogP contribution < -0.4 is 10.2 Å². The van der Waals surface area contributed by atoms with E-state index in [-0.39, 0.29) is 41.0 Å². The van der Waals surface area contributed by atoms with Crippen molar-refractivity contribution in [1.82, 2.24) is 0 Å². The third kappa shape index (κ3) is 3.50. The van der Waals surface area contributed by atoms with Gasteiger partial charge >= 0.3 is 5.97 Å². The molecule has 6 rings (SSSR count). The van der Waals surface area contributed by atoms with Gasteiger partial charge < -0.3 is 10.1 Å². The first-order valence-corrected chi connectivity index (χ1v) is 12.0. The monoisotopic (exact) mass is 480 g/mol. The van der Waals surface area contributed by atoms with E-state index in [1.165, 1.54) is 22.6 Å². The molecular weight excluding hydrogens is 456 g/mol. The summed E-state index contributed by atoms with van der Waals surface area (Å²) >= 11 is 0. The van der Waals surface area contributed by atoms with Crippen molar-refractivity contribution in [3.05, 3.63) is 83.9 Å². The second kappa shape index (κ2) is 8.45. The molecule has 3 aromatic carbocycles. The van der Waals surface area contributed by atoms with Crippen LogP contribution in [-0.4, -0.2) is 30.3 Å². The van der Waals surface area contributed by atoms with Crippen molar-refractivity contribution in [2.45, 2.75) is 13.3 Å². The van der Waals surface area contributed by atoms with E-state index in [1.807, 2.05) is 43.3 Å². The number of carbonyl (C=O) groups excluding carboxylic acids is 4. The highest BCUT2D eigenvalue weighted by Gasteiger charge is 2.60. The standard InChI is InChI=1S/C29H24N2O5/c1-16-13-19-14-22(16)26-25(19)27(33)31(28(26)34)20-11-9-18(10-12-20)29(35)36-15-24(32)30-23-8-4-6-17-5-2-3-7-21(17)23/h2-13,19,22,25-26H,14-15H2,1H3,(H,30,32)/t19-,22+,25+,26-/m0/s1. The Morgan fingerprint density at radius 1 is 0.944 bits per heavy atom. The highest BCUT2D eigenvalue weighted by atomic mass is 16.5. The summed E-state index contributed by atoms with van der Waals surface area (Å²) in [5.41, 5.74) is 2.52. The number of allylic oxidation sites excluding steroid dienone is 2.